The van der Waals surface area contributed by atoms with Crippen LogP contribution in [-0.4, -0.2) is 17.1 Å². The molecule has 4 nitrogen and oxygen atoms in total. The van der Waals surface area contributed by atoms with Crippen LogP contribution in [-0.2, 0) is 6.54 Å². The molecule has 3 aromatic rings. The van der Waals surface area contributed by atoms with Crippen molar-refractivity contribution in [3.8, 4) is 5.75 Å². The molecule has 0 unspecified atom stereocenters. The van der Waals surface area contributed by atoms with Crippen LogP contribution in [0.5, 0.6) is 5.75 Å². The van der Waals surface area contributed by atoms with Crippen molar-refractivity contribution in [3.05, 3.63) is 53.2 Å². The smallest absolute Gasteiger partial charge is 0.261 e. The fourth-order valence-electron chi connectivity index (χ4n) is 2.57. The summed E-state index contributed by atoms with van der Waals surface area (Å²) in [5.41, 5.74) is 0.987. The maximum Gasteiger partial charge on any atom is 0.261 e. The Kier molecular flexibility index (Phi) is 4.90. The number of amides is 1. The molecule has 0 atom stereocenters. The Morgan fingerprint density at radius 2 is 2.08 bits per heavy atom. The molecular weight excluding hydrogens is 320 g/mol. The van der Waals surface area contributed by atoms with Gasteiger partial charge < -0.3 is 14.6 Å². The summed E-state index contributed by atoms with van der Waals surface area (Å²) >= 11 is 1.53. The van der Waals surface area contributed by atoms with E-state index in [0.29, 0.717) is 19.2 Å². The van der Waals surface area contributed by atoms with E-state index in [9.17, 15) is 4.79 Å². The molecule has 2 heterocycles. The first-order valence-corrected chi connectivity index (χ1v) is 9.00. The van der Waals surface area contributed by atoms with Gasteiger partial charge in [-0.15, -0.1) is 11.3 Å². The largest absolute Gasteiger partial charge is 0.494 e. The van der Waals surface area contributed by atoms with E-state index < -0.39 is 0 Å². The van der Waals surface area contributed by atoms with Crippen LogP contribution in [0.15, 0.2) is 42.7 Å². The summed E-state index contributed by atoms with van der Waals surface area (Å²) in [7, 11) is 0. The molecule has 1 aromatic carbocycles. The van der Waals surface area contributed by atoms with Crippen LogP contribution in [0.25, 0.3) is 10.1 Å². The molecule has 0 saturated heterocycles. The van der Waals surface area contributed by atoms with Crippen LogP contribution >= 0.6 is 11.3 Å². The zero-order valence-corrected chi connectivity index (χ0v) is 15.0. The maximum absolute atomic E-state index is 12.4. The fourth-order valence-corrected chi connectivity index (χ4v) is 3.56. The number of benzene rings is 1. The molecule has 0 radical (unpaired) electrons. The first-order valence-electron chi connectivity index (χ1n) is 8.18. The summed E-state index contributed by atoms with van der Waals surface area (Å²) < 4.78 is 8.90. The van der Waals surface area contributed by atoms with Crippen molar-refractivity contribution in [2.45, 2.75) is 33.4 Å². The van der Waals surface area contributed by atoms with Gasteiger partial charge in [0.05, 0.1) is 16.2 Å². The Balaban J connectivity index is 1.70. The summed E-state index contributed by atoms with van der Waals surface area (Å²) in [6.07, 6.45) is 4.20. The minimum Gasteiger partial charge on any atom is -0.494 e. The Morgan fingerprint density at radius 1 is 1.29 bits per heavy atom. The minimum absolute atomic E-state index is 0.0430. The third kappa shape index (κ3) is 3.46. The molecule has 0 spiro atoms. The number of carbonyl (C=O) groups is 1. The highest BCUT2D eigenvalue weighted by atomic mass is 32.1. The number of nitrogens with one attached hydrogen (secondary N) is 1. The van der Waals surface area contributed by atoms with Crippen molar-refractivity contribution in [2.75, 3.05) is 6.61 Å². The molecule has 0 aliphatic heterocycles. The normalized spacial score (nSPS) is 11.2. The molecule has 0 saturated carbocycles. The quantitative estimate of drug-likeness (QED) is 0.711. The van der Waals surface area contributed by atoms with E-state index in [-0.39, 0.29) is 5.91 Å². The van der Waals surface area contributed by atoms with Gasteiger partial charge in [0.25, 0.3) is 5.91 Å². The molecule has 0 aliphatic carbocycles. The van der Waals surface area contributed by atoms with Gasteiger partial charge in [0, 0.05) is 35.9 Å². The van der Waals surface area contributed by atoms with Crippen molar-refractivity contribution < 1.29 is 9.53 Å². The number of aromatic nitrogens is 1. The van der Waals surface area contributed by atoms with E-state index in [1.54, 1.807) is 0 Å². The lowest BCUT2D eigenvalue weighted by Gasteiger charge is -2.10. The predicted octanol–water partition coefficient (Wildman–Crippen LogP) is 4.61. The van der Waals surface area contributed by atoms with Crippen LogP contribution in [0.2, 0.25) is 0 Å². The molecule has 0 bridgehead atoms. The molecule has 2 aromatic heterocycles. The first kappa shape index (κ1) is 16.6. The first-order chi connectivity index (χ1) is 11.6. The van der Waals surface area contributed by atoms with Crippen molar-refractivity contribution in [1.29, 1.82) is 0 Å². The molecule has 3 rings (SSSR count). The average Bonchev–Trinajstić information content (AvgIpc) is 3.13. The zero-order valence-electron chi connectivity index (χ0n) is 14.2. The predicted molar refractivity (Wildman–Crippen MR) is 99.0 cm³/mol. The lowest BCUT2D eigenvalue weighted by atomic mass is 10.2. The van der Waals surface area contributed by atoms with Gasteiger partial charge in [0.15, 0.2) is 0 Å². The molecule has 1 amide bonds. The molecule has 24 heavy (non-hydrogen) atoms. The van der Waals surface area contributed by atoms with Crippen LogP contribution in [0.4, 0.5) is 0 Å². The van der Waals surface area contributed by atoms with E-state index in [0.717, 1.165) is 26.3 Å². The number of para-hydroxylation sites is 1. The summed E-state index contributed by atoms with van der Waals surface area (Å²) in [4.78, 5) is 13.2. The maximum atomic E-state index is 12.4. The van der Waals surface area contributed by atoms with Crippen molar-refractivity contribution in [2.24, 2.45) is 0 Å². The number of rotatable bonds is 6. The van der Waals surface area contributed by atoms with Gasteiger partial charge in [-0.05, 0) is 32.9 Å². The van der Waals surface area contributed by atoms with Crippen LogP contribution < -0.4 is 10.1 Å². The number of carbonyl (C=O) groups excluding carboxylic acids is 1. The van der Waals surface area contributed by atoms with Gasteiger partial charge in [-0.1, -0.05) is 18.2 Å². The van der Waals surface area contributed by atoms with E-state index >= 15 is 0 Å². The topological polar surface area (TPSA) is 43.3 Å². The Morgan fingerprint density at radius 3 is 2.79 bits per heavy atom. The standard InChI is InChI=1S/C19H22N2O2S/c1-4-23-16-8-6-5-7-14(16)10-20-19(22)17-9-15-11-21(13(2)3)12-18(15)24-17/h5-9,11-13H,4,10H2,1-3H3,(H,20,22). The number of ether oxygens (including phenoxy) is 1. The van der Waals surface area contributed by atoms with E-state index in [2.05, 4.69) is 36.1 Å². The number of fused-ring (bicyclic) bond motifs is 1. The van der Waals surface area contributed by atoms with Gasteiger partial charge >= 0.3 is 0 Å². The number of thiophene rings is 1. The fraction of sp³-hybridized carbons (Fsp3) is 0.316. The van der Waals surface area contributed by atoms with Gasteiger partial charge in [-0.25, -0.2) is 0 Å². The molecule has 0 aliphatic rings. The number of hydrogen-bond donors (Lipinski definition) is 1. The highest BCUT2D eigenvalue weighted by molar-refractivity contribution is 7.20. The van der Waals surface area contributed by atoms with Gasteiger partial charge in [-0.2, -0.15) is 0 Å². The van der Waals surface area contributed by atoms with Gasteiger partial charge in [0.2, 0.25) is 0 Å². The highest BCUT2D eigenvalue weighted by Gasteiger charge is 2.13. The zero-order chi connectivity index (χ0) is 17.1. The lowest BCUT2D eigenvalue weighted by Crippen LogP contribution is -2.22. The minimum atomic E-state index is -0.0430. The van der Waals surface area contributed by atoms with Crippen molar-refractivity contribution in [1.82, 2.24) is 9.88 Å². The summed E-state index contributed by atoms with van der Waals surface area (Å²) in [5.74, 6) is 0.779. The third-order valence-corrected chi connectivity index (χ3v) is 4.96. The van der Waals surface area contributed by atoms with E-state index in [1.807, 2.05) is 37.3 Å². The second-order valence-corrected chi connectivity index (χ2v) is 7.04. The molecule has 5 heteroatoms. The number of hydrogen-bond acceptors (Lipinski definition) is 3. The second-order valence-electron chi connectivity index (χ2n) is 5.95. The third-order valence-electron chi connectivity index (χ3n) is 3.88. The van der Waals surface area contributed by atoms with Crippen molar-refractivity contribution >= 4 is 27.3 Å². The monoisotopic (exact) mass is 342 g/mol. The van der Waals surface area contributed by atoms with Crippen LogP contribution in [0, 0.1) is 0 Å². The van der Waals surface area contributed by atoms with E-state index in [4.69, 9.17) is 4.74 Å². The Bertz CT molecular complexity index is 817. The summed E-state index contributed by atoms with van der Waals surface area (Å²) in [6, 6.07) is 10.2. The number of nitrogens with zero attached hydrogens (tertiary/aromatic N) is 1. The van der Waals surface area contributed by atoms with Crippen LogP contribution in [0.1, 0.15) is 42.0 Å². The summed E-state index contributed by atoms with van der Waals surface area (Å²) in [6.45, 7) is 7.32. The molecule has 1 N–H and O–H groups in total. The van der Waals surface area contributed by atoms with Gasteiger partial charge in [-0.3, -0.25) is 4.79 Å². The molecule has 126 valence electrons. The molecular formula is C19H22N2O2S. The average molecular weight is 342 g/mol. The molecule has 0 fully saturated rings. The highest BCUT2D eigenvalue weighted by Crippen LogP contribution is 2.28. The summed E-state index contributed by atoms with van der Waals surface area (Å²) in [5, 5.41) is 4.11. The Hall–Kier alpha value is -2.27. The van der Waals surface area contributed by atoms with Crippen LogP contribution in [0.3, 0.4) is 0 Å². The van der Waals surface area contributed by atoms with E-state index in [1.165, 1.54) is 11.3 Å². The van der Waals surface area contributed by atoms with Crippen molar-refractivity contribution in [3.63, 3.8) is 0 Å². The van der Waals surface area contributed by atoms with Gasteiger partial charge in [0.1, 0.15) is 5.75 Å². The second kappa shape index (κ2) is 7.09. The lowest BCUT2D eigenvalue weighted by molar-refractivity contribution is 0.0955. The Labute approximate surface area is 146 Å². The SMILES string of the molecule is CCOc1ccccc1CNC(=O)c1cc2cn(C(C)C)cc2s1.